The average molecular weight is 353 g/mol. The second kappa shape index (κ2) is 8.49. The lowest BCUT2D eigenvalue weighted by atomic mass is 10.1. The summed E-state index contributed by atoms with van der Waals surface area (Å²) in [7, 11) is 1.63. The topological polar surface area (TPSA) is 70.7 Å². The number of nitrogens with zero attached hydrogens (tertiary/aromatic N) is 1. The summed E-state index contributed by atoms with van der Waals surface area (Å²) in [5.74, 6) is -0.0227. The third kappa shape index (κ3) is 4.21. The van der Waals surface area contributed by atoms with Crippen molar-refractivity contribution < 1.29 is 14.3 Å². The quantitative estimate of drug-likeness (QED) is 0.784. The number of methoxy groups -OCH3 is 1. The number of nitrogens with one attached hydrogen (secondary N) is 2. The lowest BCUT2D eigenvalue weighted by molar-refractivity contribution is 0.0989. The van der Waals surface area contributed by atoms with Gasteiger partial charge in [0, 0.05) is 43.7 Å². The number of benzene rings is 2. The molecule has 0 aliphatic carbocycles. The van der Waals surface area contributed by atoms with Gasteiger partial charge in [-0.05, 0) is 42.7 Å². The Balaban J connectivity index is 1.67. The maximum atomic E-state index is 12.8. The second-order valence-corrected chi connectivity index (χ2v) is 6.14. The minimum absolute atomic E-state index is 0.0227. The van der Waals surface area contributed by atoms with E-state index in [0.29, 0.717) is 30.9 Å². The molecule has 1 heterocycles. The van der Waals surface area contributed by atoms with Gasteiger partial charge in [0.15, 0.2) is 0 Å². The van der Waals surface area contributed by atoms with E-state index in [2.05, 4.69) is 10.6 Å². The Labute approximate surface area is 153 Å². The first kappa shape index (κ1) is 17.9. The molecule has 6 nitrogen and oxygen atoms in total. The zero-order valence-electron chi connectivity index (χ0n) is 14.8. The first-order valence-electron chi connectivity index (χ1n) is 8.72. The van der Waals surface area contributed by atoms with Gasteiger partial charge in [0.05, 0.1) is 0 Å². The van der Waals surface area contributed by atoms with E-state index in [9.17, 15) is 9.59 Å². The van der Waals surface area contributed by atoms with Crippen molar-refractivity contribution in [3.05, 3.63) is 59.7 Å². The van der Waals surface area contributed by atoms with Crippen molar-refractivity contribution in [3.63, 3.8) is 0 Å². The average Bonchev–Trinajstić information content (AvgIpc) is 3.08. The molecule has 2 N–H and O–H groups in total. The van der Waals surface area contributed by atoms with Crippen LogP contribution in [0.1, 0.15) is 22.3 Å². The van der Waals surface area contributed by atoms with E-state index in [1.54, 1.807) is 12.0 Å². The third-order valence-corrected chi connectivity index (χ3v) is 4.32. The van der Waals surface area contributed by atoms with Crippen LogP contribution in [0.25, 0.3) is 0 Å². The Bertz CT molecular complexity index is 777. The fraction of sp³-hybridized carbons (Fsp3) is 0.300. The largest absolute Gasteiger partial charge is 0.385 e. The molecule has 26 heavy (non-hydrogen) atoms. The van der Waals surface area contributed by atoms with Gasteiger partial charge >= 0.3 is 6.03 Å². The number of fused-ring (bicyclic) bond motifs is 1. The summed E-state index contributed by atoms with van der Waals surface area (Å²) in [6.45, 7) is 1.80. The fourth-order valence-corrected chi connectivity index (χ4v) is 3.00. The molecule has 0 saturated heterocycles. The summed E-state index contributed by atoms with van der Waals surface area (Å²) < 4.78 is 4.95. The molecular formula is C20H23N3O3. The van der Waals surface area contributed by atoms with E-state index < -0.39 is 0 Å². The van der Waals surface area contributed by atoms with Crippen molar-refractivity contribution in [1.82, 2.24) is 5.32 Å². The van der Waals surface area contributed by atoms with Crippen LogP contribution in [-0.4, -0.2) is 38.7 Å². The van der Waals surface area contributed by atoms with Crippen LogP contribution in [0, 0.1) is 0 Å². The van der Waals surface area contributed by atoms with E-state index in [-0.39, 0.29) is 11.9 Å². The molecule has 0 radical (unpaired) electrons. The minimum atomic E-state index is -0.264. The van der Waals surface area contributed by atoms with Gasteiger partial charge in [0.1, 0.15) is 0 Å². The Morgan fingerprint density at radius 1 is 1.15 bits per heavy atom. The van der Waals surface area contributed by atoms with Crippen LogP contribution >= 0.6 is 0 Å². The SMILES string of the molecule is COCCCNC(=O)Nc1ccc2c(c1)N(C(=O)c1ccccc1)CC2. The van der Waals surface area contributed by atoms with Crippen LogP contribution in [0.5, 0.6) is 0 Å². The van der Waals surface area contributed by atoms with Crippen molar-refractivity contribution in [3.8, 4) is 0 Å². The first-order valence-corrected chi connectivity index (χ1v) is 8.72. The van der Waals surface area contributed by atoms with Crippen LogP contribution in [0.2, 0.25) is 0 Å². The van der Waals surface area contributed by atoms with Gasteiger partial charge in [-0.1, -0.05) is 24.3 Å². The summed E-state index contributed by atoms with van der Waals surface area (Å²) in [4.78, 5) is 26.5. The Morgan fingerprint density at radius 3 is 2.73 bits per heavy atom. The molecule has 1 aliphatic heterocycles. The van der Waals surface area contributed by atoms with Crippen LogP contribution in [0.15, 0.2) is 48.5 Å². The summed E-state index contributed by atoms with van der Waals surface area (Å²) in [6, 6.07) is 14.7. The number of urea groups is 1. The van der Waals surface area contributed by atoms with Gasteiger partial charge < -0.3 is 20.3 Å². The molecule has 136 valence electrons. The molecule has 3 rings (SSSR count). The molecule has 3 amide bonds. The molecule has 1 aliphatic rings. The number of ether oxygens (including phenoxy) is 1. The molecule has 0 aromatic heterocycles. The van der Waals surface area contributed by atoms with E-state index >= 15 is 0 Å². The number of amides is 3. The Kier molecular flexibility index (Phi) is 5.86. The van der Waals surface area contributed by atoms with Crippen molar-refractivity contribution in [2.75, 3.05) is 37.0 Å². The highest BCUT2D eigenvalue weighted by Gasteiger charge is 2.25. The monoisotopic (exact) mass is 353 g/mol. The molecule has 0 fully saturated rings. The van der Waals surface area contributed by atoms with Gasteiger partial charge in [-0.25, -0.2) is 4.79 Å². The highest BCUT2D eigenvalue weighted by atomic mass is 16.5. The van der Waals surface area contributed by atoms with Gasteiger partial charge in [-0.2, -0.15) is 0 Å². The summed E-state index contributed by atoms with van der Waals surface area (Å²) in [5, 5.41) is 5.60. The number of carbonyl (C=O) groups excluding carboxylic acids is 2. The van der Waals surface area contributed by atoms with Crippen molar-refractivity contribution in [1.29, 1.82) is 0 Å². The molecule has 2 aromatic rings. The van der Waals surface area contributed by atoms with Gasteiger partial charge in [0.25, 0.3) is 5.91 Å². The van der Waals surface area contributed by atoms with Crippen molar-refractivity contribution in [2.45, 2.75) is 12.8 Å². The van der Waals surface area contributed by atoms with Crippen molar-refractivity contribution >= 4 is 23.3 Å². The molecule has 0 unspecified atom stereocenters. The fourth-order valence-electron chi connectivity index (χ4n) is 3.00. The second-order valence-electron chi connectivity index (χ2n) is 6.14. The normalized spacial score (nSPS) is 12.6. The molecular weight excluding hydrogens is 330 g/mol. The van der Waals surface area contributed by atoms with Gasteiger partial charge in [-0.3, -0.25) is 4.79 Å². The molecule has 0 spiro atoms. The standard InChI is InChI=1S/C20H23N3O3/c1-26-13-5-11-21-20(25)22-17-9-8-15-10-12-23(18(15)14-17)19(24)16-6-3-2-4-7-16/h2-4,6-9,14H,5,10-13H2,1H3,(H2,21,22,25). The Morgan fingerprint density at radius 2 is 1.96 bits per heavy atom. The lowest BCUT2D eigenvalue weighted by Crippen LogP contribution is -2.30. The first-order chi connectivity index (χ1) is 12.7. The zero-order valence-corrected chi connectivity index (χ0v) is 14.8. The maximum Gasteiger partial charge on any atom is 0.319 e. The van der Waals surface area contributed by atoms with E-state index in [4.69, 9.17) is 4.74 Å². The molecule has 0 atom stereocenters. The Hall–Kier alpha value is -2.86. The van der Waals surface area contributed by atoms with E-state index in [0.717, 1.165) is 24.1 Å². The van der Waals surface area contributed by atoms with Gasteiger partial charge in [-0.15, -0.1) is 0 Å². The van der Waals surface area contributed by atoms with Gasteiger partial charge in [0.2, 0.25) is 0 Å². The third-order valence-electron chi connectivity index (χ3n) is 4.32. The summed E-state index contributed by atoms with van der Waals surface area (Å²) in [5.41, 5.74) is 3.30. The van der Waals surface area contributed by atoms with Crippen molar-refractivity contribution in [2.24, 2.45) is 0 Å². The van der Waals surface area contributed by atoms with Crippen LogP contribution in [0.3, 0.4) is 0 Å². The molecule has 0 bridgehead atoms. The summed E-state index contributed by atoms with van der Waals surface area (Å²) in [6.07, 6.45) is 1.57. The van der Waals surface area contributed by atoms with Crippen LogP contribution < -0.4 is 15.5 Å². The number of rotatable bonds is 6. The number of hydrogen-bond donors (Lipinski definition) is 2. The molecule has 2 aromatic carbocycles. The highest BCUT2D eigenvalue weighted by molar-refractivity contribution is 6.07. The van der Waals surface area contributed by atoms with Crippen LogP contribution in [-0.2, 0) is 11.2 Å². The van der Waals surface area contributed by atoms with Crippen LogP contribution in [0.4, 0.5) is 16.2 Å². The minimum Gasteiger partial charge on any atom is -0.385 e. The maximum absolute atomic E-state index is 12.8. The molecule has 6 heteroatoms. The highest BCUT2D eigenvalue weighted by Crippen LogP contribution is 2.32. The van der Waals surface area contributed by atoms with E-state index in [1.165, 1.54) is 0 Å². The number of anilines is 2. The molecule has 0 saturated carbocycles. The number of carbonyl (C=O) groups is 2. The lowest BCUT2D eigenvalue weighted by Gasteiger charge is -2.18. The predicted molar refractivity (Wildman–Crippen MR) is 102 cm³/mol. The smallest absolute Gasteiger partial charge is 0.319 e. The number of hydrogen-bond acceptors (Lipinski definition) is 3. The summed E-state index contributed by atoms with van der Waals surface area (Å²) >= 11 is 0. The predicted octanol–water partition coefficient (Wildman–Crippen LogP) is 3.05. The zero-order chi connectivity index (χ0) is 18.4. The van der Waals surface area contributed by atoms with E-state index in [1.807, 2.05) is 48.5 Å².